The summed E-state index contributed by atoms with van der Waals surface area (Å²) in [7, 11) is 0. The fourth-order valence-corrected chi connectivity index (χ4v) is 6.10. The molecule has 0 spiro atoms. The summed E-state index contributed by atoms with van der Waals surface area (Å²) >= 11 is 0. The number of guanidine groups is 1. The van der Waals surface area contributed by atoms with Gasteiger partial charge in [0.15, 0.2) is 0 Å². The number of hydrogen-bond acceptors (Lipinski definition) is 2. The summed E-state index contributed by atoms with van der Waals surface area (Å²) in [6, 6.07) is 44.6. The lowest BCUT2D eigenvalue weighted by atomic mass is 9.81. The summed E-state index contributed by atoms with van der Waals surface area (Å²) in [6.45, 7) is 2.15. The molecule has 6 rings (SSSR count). The van der Waals surface area contributed by atoms with Gasteiger partial charge >= 0.3 is 5.96 Å². The van der Waals surface area contributed by atoms with E-state index in [1.165, 1.54) is 28.2 Å². The fraction of sp³-hybridized carbons (Fsp3) is 0.242. The summed E-state index contributed by atoms with van der Waals surface area (Å²) < 4.78 is 2.51. The quantitative estimate of drug-likeness (QED) is 0.350. The minimum absolute atomic E-state index is 0.309. The number of hydrogen-bond donors (Lipinski definition) is 2. The van der Waals surface area contributed by atoms with E-state index in [0.29, 0.717) is 23.9 Å². The summed E-state index contributed by atoms with van der Waals surface area (Å²) in [5, 5.41) is 7.94. The largest absolute Gasteiger partial charge is 0.346 e. The molecule has 2 atom stereocenters. The van der Waals surface area contributed by atoms with Gasteiger partial charge in [0.2, 0.25) is 0 Å². The van der Waals surface area contributed by atoms with Crippen LogP contribution in [-0.2, 0) is 0 Å². The molecule has 0 saturated heterocycles. The van der Waals surface area contributed by atoms with E-state index in [4.69, 9.17) is 0 Å². The van der Waals surface area contributed by atoms with E-state index < -0.39 is 0 Å². The fourth-order valence-electron chi connectivity index (χ4n) is 6.10. The zero-order chi connectivity index (χ0) is 24.2. The van der Waals surface area contributed by atoms with Crippen molar-refractivity contribution in [1.82, 2.24) is 10.6 Å². The van der Waals surface area contributed by atoms with Gasteiger partial charge in [-0.3, -0.25) is 15.2 Å². The summed E-state index contributed by atoms with van der Waals surface area (Å²) in [6.07, 6.45) is 2.23. The molecule has 0 radical (unpaired) electrons. The Morgan fingerprint density at radius 2 is 0.778 bits per heavy atom. The maximum absolute atomic E-state index is 3.97. The third kappa shape index (κ3) is 4.66. The highest BCUT2D eigenvalue weighted by atomic mass is 15.3. The van der Waals surface area contributed by atoms with Crippen molar-refractivity contribution in [2.24, 2.45) is 0 Å². The van der Waals surface area contributed by atoms with Crippen LogP contribution in [0.25, 0.3) is 0 Å². The van der Waals surface area contributed by atoms with Gasteiger partial charge in [-0.2, -0.15) is 0 Å². The number of benzene rings is 4. The minimum Gasteiger partial charge on any atom is -0.274 e. The first-order valence-electron chi connectivity index (χ1n) is 13.2. The van der Waals surface area contributed by atoms with Crippen LogP contribution in [0.1, 0.15) is 46.9 Å². The predicted molar refractivity (Wildman–Crippen MR) is 148 cm³/mol. The third-order valence-corrected chi connectivity index (χ3v) is 7.82. The second-order valence-electron chi connectivity index (χ2n) is 10.0. The van der Waals surface area contributed by atoms with Crippen molar-refractivity contribution >= 4 is 5.96 Å². The molecule has 3 heteroatoms. The van der Waals surface area contributed by atoms with Crippen molar-refractivity contribution in [3.8, 4) is 0 Å². The van der Waals surface area contributed by atoms with Gasteiger partial charge in [-0.25, -0.2) is 0 Å². The molecule has 2 heterocycles. The van der Waals surface area contributed by atoms with Crippen LogP contribution in [0.3, 0.4) is 0 Å². The molecule has 0 amide bonds. The standard InChI is InChI=1S/C33H33N3/c1-5-13-25(14-6-1)31(26-15-7-2-8-16-26)29-21-23-36-24-22-30(35-33(36)34-29)32(27-17-9-3-10-18-27)28-19-11-4-12-20-28/h1-20,29-32H,21-24H2,(H,34,35)/p+1/t29-,30-/m0/s1. The van der Waals surface area contributed by atoms with Crippen LogP contribution >= 0.6 is 0 Å². The van der Waals surface area contributed by atoms with Gasteiger partial charge in [-0.1, -0.05) is 121 Å². The molecular formula is C33H34N3+. The summed E-state index contributed by atoms with van der Waals surface area (Å²) in [4.78, 5) is 0. The zero-order valence-corrected chi connectivity index (χ0v) is 20.6. The van der Waals surface area contributed by atoms with Crippen molar-refractivity contribution < 1.29 is 4.58 Å². The lowest BCUT2D eigenvalue weighted by Gasteiger charge is -2.37. The first-order chi connectivity index (χ1) is 17.9. The molecule has 4 aromatic carbocycles. The van der Waals surface area contributed by atoms with Crippen LogP contribution in [0.2, 0.25) is 0 Å². The summed E-state index contributed by atoms with van der Waals surface area (Å²) in [5.41, 5.74) is 5.48. The molecule has 36 heavy (non-hydrogen) atoms. The molecule has 4 aromatic rings. The van der Waals surface area contributed by atoms with E-state index in [0.717, 1.165) is 25.9 Å². The lowest BCUT2D eigenvalue weighted by Crippen LogP contribution is -2.61. The van der Waals surface area contributed by atoms with Crippen LogP contribution in [0.4, 0.5) is 0 Å². The maximum atomic E-state index is 3.97. The highest BCUT2D eigenvalue weighted by molar-refractivity contribution is 5.77. The second kappa shape index (κ2) is 10.4. The Labute approximate surface area is 214 Å². The number of rotatable bonds is 6. The molecule has 0 bridgehead atoms. The van der Waals surface area contributed by atoms with E-state index >= 15 is 0 Å². The number of nitrogens with one attached hydrogen (secondary N) is 2. The van der Waals surface area contributed by atoms with Crippen molar-refractivity contribution in [3.05, 3.63) is 144 Å². The van der Waals surface area contributed by atoms with Gasteiger partial charge in [0, 0.05) is 24.7 Å². The Bertz CT molecular complexity index is 1110. The molecule has 0 aliphatic carbocycles. The Morgan fingerprint density at radius 3 is 1.08 bits per heavy atom. The molecule has 0 aromatic heterocycles. The minimum atomic E-state index is 0.309. The molecule has 0 saturated carbocycles. The molecule has 2 N–H and O–H groups in total. The zero-order valence-electron chi connectivity index (χ0n) is 20.6. The van der Waals surface area contributed by atoms with Gasteiger partial charge in [-0.05, 0) is 22.3 Å². The Balaban J connectivity index is 1.30. The second-order valence-corrected chi connectivity index (χ2v) is 10.0. The predicted octanol–water partition coefficient (Wildman–Crippen LogP) is 5.74. The SMILES string of the molecule is c1ccc(C(c2ccccc2)[C@@H]2CC[N+]3=C(N2)N[C@H](C(c2ccccc2)c2ccccc2)CC3)cc1. The van der Waals surface area contributed by atoms with Gasteiger partial charge in [0.05, 0.1) is 25.2 Å². The molecule has 2 aliphatic heterocycles. The topological polar surface area (TPSA) is 27.1 Å². The Kier molecular flexibility index (Phi) is 6.54. The van der Waals surface area contributed by atoms with Gasteiger partial charge < -0.3 is 0 Å². The smallest absolute Gasteiger partial charge is 0.274 e. The average Bonchev–Trinajstić information content (AvgIpc) is 2.96. The van der Waals surface area contributed by atoms with E-state index in [2.05, 4.69) is 137 Å². The molecular weight excluding hydrogens is 438 g/mol. The van der Waals surface area contributed by atoms with Gasteiger partial charge in [0.1, 0.15) is 0 Å². The Hall–Kier alpha value is -3.85. The van der Waals surface area contributed by atoms with Crippen molar-refractivity contribution in [3.63, 3.8) is 0 Å². The van der Waals surface area contributed by atoms with Crippen molar-refractivity contribution in [1.29, 1.82) is 0 Å². The molecule has 2 aliphatic rings. The molecule has 3 nitrogen and oxygen atoms in total. The normalized spacial score (nSPS) is 19.5. The average molecular weight is 473 g/mol. The van der Waals surface area contributed by atoms with Gasteiger partial charge in [0.25, 0.3) is 0 Å². The first kappa shape index (κ1) is 22.6. The molecule has 0 fully saturated rings. The number of nitrogens with zero attached hydrogens (tertiary/aromatic N) is 1. The van der Waals surface area contributed by atoms with Crippen LogP contribution in [0.5, 0.6) is 0 Å². The van der Waals surface area contributed by atoms with Crippen molar-refractivity contribution in [2.45, 2.75) is 36.8 Å². The van der Waals surface area contributed by atoms with Crippen molar-refractivity contribution in [2.75, 3.05) is 13.1 Å². The van der Waals surface area contributed by atoms with E-state index in [1.807, 2.05) is 0 Å². The monoisotopic (exact) mass is 472 g/mol. The van der Waals surface area contributed by atoms with Crippen LogP contribution < -0.4 is 10.6 Å². The molecule has 180 valence electrons. The first-order valence-corrected chi connectivity index (χ1v) is 13.2. The van der Waals surface area contributed by atoms with E-state index in [9.17, 15) is 0 Å². The van der Waals surface area contributed by atoms with Crippen LogP contribution in [0, 0.1) is 0 Å². The van der Waals surface area contributed by atoms with E-state index in [1.54, 1.807) is 0 Å². The Morgan fingerprint density at radius 1 is 0.472 bits per heavy atom. The van der Waals surface area contributed by atoms with Crippen LogP contribution in [0.15, 0.2) is 121 Å². The van der Waals surface area contributed by atoms with E-state index in [-0.39, 0.29) is 0 Å². The lowest BCUT2D eigenvalue weighted by molar-refractivity contribution is -0.542. The van der Waals surface area contributed by atoms with Crippen LogP contribution in [-0.4, -0.2) is 35.7 Å². The highest BCUT2D eigenvalue weighted by Crippen LogP contribution is 2.33. The third-order valence-electron chi connectivity index (χ3n) is 7.82. The highest BCUT2D eigenvalue weighted by Gasteiger charge is 2.39. The molecule has 0 unspecified atom stereocenters. The van der Waals surface area contributed by atoms with Gasteiger partial charge in [-0.15, -0.1) is 0 Å². The maximum Gasteiger partial charge on any atom is 0.346 e. The summed E-state index contributed by atoms with van der Waals surface area (Å²) in [5.74, 6) is 1.81.